The van der Waals surface area contributed by atoms with Gasteiger partial charge in [0.15, 0.2) is 11.6 Å². The molecule has 0 saturated carbocycles. The number of anilines is 4. The van der Waals surface area contributed by atoms with Crippen molar-refractivity contribution >= 4 is 40.6 Å². The number of H-pyrrole nitrogens is 1. The Bertz CT molecular complexity index is 1330. The van der Waals surface area contributed by atoms with Crippen molar-refractivity contribution in [3.8, 4) is 0 Å². The van der Waals surface area contributed by atoms with Gasteiger partial charge in [-0.2, -0.15) is 10.1 Å². The molecule has 0 radical (unpaired) electrons. The van der Waals surface area contributed by atoms with Crippen LogP contribution in [0.4, 0.5) is 23.3 Å². The van der Waals surface area contributed by atoms with Crippen LogP contribution < -0.4 is 21.3 Å². The zero-order valence-electron chi connectivity index (χ0n) is 17.8. The van der Waals surface area contributed by atoms with Gasteiger partial charge in [0.05, 0.1) is 11.9 Å². The second-order valence-corrected chi connectivity index (χ2v) is 7.78. The number of primary amides is 1. The third-order valence-corrected chi connectivity index (χ3v) is 5.46. The topological polar surface area (TPSA) is 159 Å². The number of nitrogens with two attached hydrogens (primary N) is 1. The first kappa shape index (κ1) is 20.4. The highest BCUT2D eigenvalue weighted by atomic mass is 16.2. The Kier molecular flexibility index (Phi) is 5.09. The predicted octanol–water partition coefficient (Wildman–Crippen LogP) is 1.61. The van der Waals surface area contributed by atoms with E-state index in [0.29, 0.717) is 41.8 Å². The SMILES string of the molecule is Cc1ccc(NC(=O)[C@@H]2CCCN2c2nc(Nc3cc(C(N)=O)[nH]n3)c3cccn3n2)cn1. The average molecular weight is 446 g/mol. The van der Waals surface area contributed by atoms with Gasteiger partial charge in [0, 0.05) is 24.5 Å². The van der Waals surface area contributed by atoms with Crippen molar-refractivity contribution < 1.29 is 9.59 Å². The van der Waals surface area contributed by atoms with E-state index < -0.39 is 11.9 Å². The lowest BCUT2D eigenvalue weighted by Gasteiger charge is -2.24. The third kappa shape index (κ3) is 4.05. The summed E-state index contributed by atoms with van der Waals surface area (Å²) in [6, 6.07) is 8.46. The molecular formula is C21H22N10O2. The lowest BCUT2D eigenvalue weighted by Crippen LogP contribution is -2.41. The summed E-state index contributed by atoms with van der Waals surface area (Å²) in [6.45, 7) is 2.53. The molecular weight excluding hydrogens is 424 g/mol. The minimum Gasteiger partial charge on any atom is -0.364 e. The van der Waals surface area contributed by atoms with E-state index in [4.69, 9.17) is 5.73 Å². The van der Waals surface area contributed by atoms with E-state index in [2.05, 4.69) is 35.9 Å². The van der Waals surface area contributed by atoms with Crippen molar-refractivity contribution in [1.82, 2.24) is 29.8 Å². The van der Waals surface area contributed by atoms with Crippen LogP contribution in [-0.2, 0) is 4.79 Å². The fraction of sp³-hybridized carbons (Fsp3) is 0.238. The molecule has 33 heavy (non-hydrogen) atoms. The maximum Gasteiger partial charge on any atom is 0.266 e. The number of fused-ring (bicyclic) bond motifs is 1. The Balaban J connectivity index is 1.42. The zero-order valence-corrected chi connectivity index (χ0v) is 17.8. The molecule has 12 heteroatoms. The van der Waals surface area contributed by atoms with Crippen molar-refractivity contribution in [2.45, 2.75) is 25.8 Å². The summed E-state index contributed by atoms with van der Waals surface area (Å²) in [5.74, 6) is 0.538. The van der Waals surface area contributed by atoms with Gasteiger partial charge in [-0.25, -0.2) is 4.52 Å². The molecule has 2 amide bonds. The molecule has 1 aliphatic heterocycles. The van der Waals surface area contributed by atoms with E-state index in [1.807, 2.05) is 36.1 Å². The number of carbonyl (C=O) groups excluding carboxylic acids is 2. The highest BCUT2D eigenvalue weighted by Gasteiger charge is 2.33. The van der Waals surface area contributed by atoms with E-state index in [1.165, 1.54) is 6.07 Å². The highest BCUT2D eigenvalue weighted by Crippen LogP contribution is 2.27. The van der Waals surface area contributed by atoms with Crippen LogP contribution in [0.3, 0.4) is 0 Å². The number of amides is 2. The van der Waals surface area contributed by atoms with Crippen LogP contribution in [0.1, 0.15) is 29.0 Å². The number of hydrogen-bond acceptors (Lipinski definition) is 8. The van der Waals surface area contributed by atoms with Crippen LogP contribution in [0.15, 0.2) is 42.7 Å². The molecule has 1 saturated heterocycles. The minimum atomic E-state index is -0.610. The number of aryl methyl sites for hydroxylation is 1. The molecule has 4 aromatic rings. The van der Waals surface area contributed by atoms with E-state index in [1.54, 1.807) is 16.9 Å². The smallest absolute Gasteiger partial charge is 0.266 e. The number of aromatic amines is 1. The van der Waals surface area contributed by atoms with Crippen LogP contribution in [0, 0.1) is 6.92 Å². The van der Waals surface area contributed by atoms with E-state index in [9.17, 15) is 9.59 Å². The first-order chi connectivity index (χ1) is 16.0. The Hall–Kier alpha value is -4.48. The van der Waals surface area contributed by atoms with Gasteiger partial charge in [0.2, 0.25) is 11.9 Å². The summed E-state index contributed by atoms with van der Waals surface area (Å²) in [5.41, 5.74) is 7.71. The van der Waals surface area contributed by atoms with Crippen molar-refractivity contribution in [3.05, 3.63) is 54.1 Å². The van der Waals surface area contributed by atoms with Crippen LogP contribution >= 0.6 is 0 Å². The number of hydrogen-bond donors (Lipinski definition) is 4. The van der Waals surface area contributed by atoms with E-state index in [-0.39, 0.29) is 11.6 Å². The van der Waals surface area contributed by atoms with Crippen LogP contribution in [0.5, 0.6) is 0 Å². The average Bonchev–Trinajstić information content (AvgIpc) is 3.55. The van der Waals surface area contributed by atoms with E-state index in [0.717, 1.165) is 12.1 Å². The van der Waals surface area contributed by atoms with Gasteiger partial charge >= 0.3 is 0 Å². The lowest BCUT2D eigenvalue weighted by atomic mass is 10.2. The lowest BCUT2D eigenvalue weighted by molar-refractivity contribution is -0.117. The molecule has 0 aromatic carbocycles. The van der Waals surface area contributed by atoms with Crippen molar-refractivity contribution in [2.75, 3.05) is 22.1 Å². The molecule has 1 aliphatic rings. The fourth-order valence-corrected chi connectivity index (χ4v) is 3.82. The second kappa shape index (κ2) is 8.22. The van der Waals surface area contributed by atoms with Gasteiger partial charge in [-0.05, 0) is 44.0 Å². The molecule has 5 heterocycles. The fourth-order valence-electron chi connectivity index (χ4n) is 3.82. The zero-order chi connectivity index (χ0) is 22.9. The highest BCUT2D eigenvalue weighted by molar-refractivity contribution is 5.97. The molecule has 168 valence electrons. The molecule has 0 unspecified atom stereocenters. The van der Waals surface area contributed by atoms with Crippen LogP contribution in [0.25, 0.3) is 5.52 Å². The summed E-state index contributed by atoms with van der Waals surface area (Å²) in [7, 11) is 0. The van der Waals surface area contributed by atoms with Crippen LogP contribution in [0.2, 0.25) is 0 Å². The molecule has 0 bridgehead atoms. The van der Waals surface area contributed by atoms with Gasteiger partial charge in [0.1, 0.15) is 17.3 Å². The standard InChI is InChI=1S/C21H22N10O2/c1-12-6-7-13(11-23-12)24-20(33)16-5-2-8-30(16)21-26-19(15-4-3-9-31(15)29-21)25-17-10-14(18(22)32)27-28-17/h3-4,6-7,9-11,16H,2,5,8H2,1H3,(H2,22,32)(H,24,33)(H2,25,26,27,28,29)/t16-/m0/s1. The Morgan fingerprint density at radius 3 is 2.91 bits per heavy atom. The molecule has 1 fully saturated rings. The minimum absolute atomic E-state index is 0.137. The van der Waals surface area contributed by atoms with Gasteiger partial charge in [0.25, 0.3) is 5.91 Å². The molecule has 0 spiro atoms. The number of pyridine rings is 1. The summed E-state index contributed by atoms with van der Waals surface area (Å²) in [6.07, 6.45) is 4.96. The monoisotopic (exact) mass is 446 g/mol. The number of carbonyl (C=O) groups is 2. The number of nitrogens with one attached hydrogen (secondary N) is 3. The third-order valence-electron chi connectivity index (χ3n) is 5.46. The van der Waals surface area contributed by atoms with Gasteiger partial charge in [-0.15, -0.1) is 5.10 Å². The van der Waals surface area contributed by atoms with Crippen molar-refractivity contribution in [1.29, 1.82) is 0 Å². The van der Waals surface area contributed by atoms with Gasteiger partial charge < -0.3 is 21.3 Å². The summed E-state index contributed by atoms with van der Waals surface area (Å²) < 4.78 is 1.68. The molecule has 1 atom stereocenters. The van der Waals surface area contributed by atoms with Gasteiger partial charge in [-0.3, -0.25) is 19.7 Å². The predicted molar refractivity (Wildman–Crippen MR) is 121 cm³/mol. The second-order valence-electron chi connectivity index (χ2n) is 7.78. The quantitative estimate of drug-likeness (QED) is 0.347. The first-order valence-corrected chi connectivity index (χ1v) is 10.5. The van der Waals surface area contributed by atoms with E-state index >= 15 is 0 Å². The molecule has 12 nitrogen and oxygen atoms in total. The molecule has 5 N–H and O–H groups in total. The van der Waals surface area contributed by atoms with Crippen molar-refractivity contribution in [3.63, 3.8) is 0 Å². The largest absolute Gasteiger partial charge is 0.364 e. The number of rotatable bonds is 6. The maximum atomic E-state index is 13.0. The van der Waals surface area contributed by atoms with Gasteiger partial charge in [-0.1, -0.05) is 0 Å². The Labute approximate surface area is 188 Å². The Morgan fingerprint density at radius 1 is 1.27 bits per heavy atom. The van der Waals surface area contributed by atoms with Crippen LogP contribution in [-0.4, -0.2) is 54.2 Å². The summed E-state index contributed by atoms with van der Waals surface area (Å²) >= 11 is 0. The number of aromatic nitrogens is 6. The summed E-state index contributed by atoms with van der Waals surface area (Å²) in [4.78, 5) is 35.2. The molecule has 4 aromatic heterocycles. The Morgan fingerprint density at radius 2 is 2.15 bits per heavy atom. The number of nitrogens with zero attached hydrogens (tertiary/aromatic N) is 6. The maximum absolute atomic E-state index is 13.0. The van der Waals surface area contributed by atoms with Crippen molar-refractivity contribution in [2.24, 2.45) is 5.73 Å². The first-order valence-electron chi connectivity index (χ1n) is 10.5. The molecule has 0 aliphatic carbocycles. The normalized spacial score (nSPS) is 15.7. The summed E-state index contributed by atoms with van der Waals surface area (Å²) in [5, 5.41) is 17.3. The molecule has 5 rings (SSSR count).